The lowest BCUT2D eigenvalue weighted by Crippen LogP contribution is -1.86. The van der Waals surface area contributed by atoms with Gasteiger partial charge in [-0.1, -0.05) is 17.7 Å². The van der Waals surface area contributed by atoms with E-state index in [9.17, 15) is 9.90 Å². The molecule has 0 aliphatic rings. The molecule has 0 amide bonds. The highest BCUT2D eigenvalue weighted by atomic mass is 79.9. The maximum Gasteiger partial charge on any atom is 0.185 e. The number of carbonyl (C=O) groups excluding carboxylic acids is 1. The van der Waals surface area contributed by atoms with Crippen molar-refractivity contribution in [3.8, 4) is 17.6 Å². The molecule has 0 aromatic carbocycles. The van der Waals surface area contributed by atoms with Crippen LogP contribution >= 0.6 is 27.7 Å². The molecule has 0 aliphatic carbocycles. The second-order valence-electron chi connectivity index (χ2n) is 2.89. The Bertz CT molecular complexity index is 451. The van der Waals surface area contributed by atoms with Gasteiger partial charge in [0.05, 0.1) is 0 Å². The van der Waals surface area contributed by atoms with Crippen molar-refractivity contribution in [2.24, 2.45) is 0 Å². The number of aromatic hydroxyl groups is 1. The van der Waals surface area contributed by atoms with Crippen LogP contribution in [0.1, 0.15) is 19.0 Å². The molecule has 16 heavy (non-hydrogen) atoms. The predicted octanol–water partition coefficient (Wildman–Crippen LogP) is 2.57. The maximum absolute atomic E-state index is 10.6. The van der Waals surface area contributed by atoms with Gasteiger partial charge >= 0.3 is 0 Å². The highest BCUT2D eigenvalue weighted by molar-refractivity contribution is 9.10. The Morgan fingerprint density at radius 2 is 2.38 bits per heavy atom. The van der Waals surface area contributed by atoms with E-state index in [1.807, 2.05) is 0 Å². The van der Waals surface area contributed by atoms with Gasteiger partial charge in [0.1, 0.15) is 10.4 Å². The molecule has 3 nitrogen and oxygen atoms in total. The van der Waals surface area contributed by atoms with Crippen molar-refractivity contribution >= 4 is 32.8 Å². The first-order chi connectivity index (χ1) is 7.59. The SMILES string of the molecule is CC(=O)SCCC#Cc1nc(Br)ccc1O. The van der Waals surface area contributed by atoms with Gasteiger partial charge in [0.2, 0.25) is 0 Å². The minimum Gasteiger partial charge on any atom is -0.505 e. The van der Waals surface area contributed by atoms with E-state index >= 15 is 0 Å². The Kier molecular flexibility index (Phi) is 5.36. The van der Waals surface area contributed by atoms with E-state index in [0.29, 0.717) is 22.5 Å². The zero-order valence-corrected chi connectivity index (χ0v) is 11.1. The minimum atomic E-state index is 0.0647. The second kappa shape index (κ2) is 6.56. The van der Waals surface area contributed by atoms with Crippen LogP contribution in [0.5, 0.6) is 5.75 Å². The second-order valence-corrected chi connectivity index (χ2v) is 4.98. The van der Waals surface area contributed by atoms with E-state index in [1.54, 1.807) is 6.07 Å². The fourth-order valence-corrected chi connectivity index (χ4v) is 1.71. The van der Waals surface area contributed by atoms with Crippen molar-refractivity contribution in [2.75, 3.05) is 5.75 Å². The highest BCUT2D eigenvalue weighted by Crippen LogP contribution is 2.16. The number of nitrogens with zero attached hydrogens (tertiary/aromatic N) is 1. The largest absolute Gasteiger partial charge is 0.505 e. The summed E-state index contributed by atoms with van der Waals surface area (Å²) in [4.78, 5) is 14.7. The molecular formula is C11H10BrNO2S. The lowest BCUT2D eigenvalue weighted by molar-refractivity contribution is -0.109. The topological polar surface area (TPSA) is 50.2 Å². The van der Waals surface area contributed by atoms with E-state index in [-0.39, 0.29) is 10.9 Å². The van der Waals surface area contributed by atoms with Gasteiger partial charge in [-0.25, -0.2) is 4.98 Å². The zero-order valence-electron chi connectivity index (χ0n) is 8.66. The molecule has 0 saturated carbocycles. The molecule has 5 heteroatoms. The molecule has 0 bridgehead atoms. The van der Waals surface area contributed by atoms with Crippen molar-refractivity contribution in [1.29, 1.82) is 0 Å². The first kappa shape index (κ1) is 13.1. The van der Waals surface area contributed by atoms with E-state index in [0.717, 1.165) is 0 Å². The van der Waals surface area contributed by atoms with Crippen LogP contribution in [0.2, 0.25) is 0 Å². The number of rotatable bonds is 2. The molecule has 1 rings (SSSR count). The summed E-state index contributed by atoms with van der Waals surface area (Å²) in [5.74, 6) is 6.35. The summed E-state index contributed by atoms with van der Waals surface area (Å²) >= 11 is 4.44. The molecule has 0 saturated heterocycles. The summed E-state index contributed by atoms with van der Waals surface area (Å²) in [6.45, 7) is 1.53. The summed E-state index contributed by atoms with van der Waals surface area (Å²) in [5.41, 5.74) is 0.349. The Balaban J connectivity index is 2.56. The Labute approximate surface area is 107 Å². The van der Waals surface area contributed by atoms with Crippen molar-refractivity contribution in [1.82, 2.24) is 4.98 Å². The van der Waals surface area contributed by atoms with Gasteiger partial charge in [-0.05, 0) is 34.0 Å². The van der Waals surface area contributed by atoms with Crippen LogP contribution in [-0.4, -0.2) is 21.0 Å². The molecule has 1 aromatic heterocycles. The summed E-state index contributed by atoms with van der Waals surface area (Å²) in [5, 5.41) is 9.52. The van der Waals surface area contributed by atoms with Gasteiger partial charge in [0.15, 0.2) is 10.8 Å². The molecule has 84 valence electrons. The van der Waals surface area contributed by atoms with E-state index in [2.05, 4.69) is 32.8 Å². The number of carbonyl (C=O) groups is 1. The third-order valence-electron chi connectivity index (χ3n) is 1.58. The molecule has 1 heterocycles. The average Bonchev–Trinajstić information content (AvgIpc) is 2.22. The lowest BCUT2D eigenvalue weighted by atomic mass is 10.3. The molecule has 1 N–H and O–H groups in total. The lowest BCUT2D eigenvalue weighted by Gasteiger charge is -1.95. The van der Waals surface area contributed by atoms with Crippen molar-refractivity contribution in [2.45, 2.75) is 13.3 Å². The fourth-order valence-electron chi connectivity index (χ4n) is 0.912. The standard InChI is InChI=1S/C11H10BrNO2S/c1-8(14)16-7-3-2-4-9-10(15)5-6-11(12)13-9/h5-6,15H,3,7H2,1H3. The normalized spacial score (nSPS) is 9.38. The molecular weight excluding hydrogens is 290 g/mol. The van der Waals surface area contributed by atoms with Crippen LogP contribution < -0.4 is 0 Å². The zero-order chi connectivity index (χ0) is 12.0. The highest BCUT2D eigenvalue weighted by Gasteiger charge is 1.99. The van der Waals surface area contributed by atoms with Gasteiger partial charge in [-0.2, -0.15) is 0 Å². The third kappa shape index (κ3) is 4.69. The molecule has 1 aromatic rings. The van der Waals surface area contributed by atoms with Gasteiger partial charge < -0.3 is 5.11 Å². The number of pyridine rings is 1. The number of aromatic nitrogens is 1. The minimum absolute atomic E-state index is 0.0647. The van der Waals surface area contributed by atoms with Crippen molar-refractivity contribution in [3.63, 3.8) is 0 Å². The van der Waals surface area contributed by atoms with Crippen LogP contribution in [-0.2, 0) is 4.79 Å². The molecule has 0 spiro atoms. The smallest absolute Gasteiger partial charge is 0.185 e. The summed E-state index contributed by atoms with van der Waals surface area (Å²) < 4.78 is 0.632. The number of halogens is 1. The first-order valence-electron chi connectivity index (χ1n) is 4.57. The predicted molar refractivity (Wildman–Crippen MR) is 68.2 cm³/mol. The Hall–Kier alpha value is -0.990. The van der Waals surface area contributed by atoms with Crippen LogP contribution in [0, 0.1) is 11.8 Å². The summed E-state index contributed by atoms with van der Waals surface area (Å²) in [6.07, 6.45) is 0.595. The first-order valence-corrected chi connectivity index (χ1v) is 6.35. The van der Waals surface area contributed by atoms with E-state index < -0.39 is 0 Å². The van der Waals surface area contributed by atoms with E-state index in [4.69, 9.17) is 0 Å². The molecule has 0 unspecified atom stereocenters. The third-order valence-corrected chi connectivity index (χ3v) is 2.84. The van der Waals surface area contributed by atoms with Crippen LogP contribution in [0.25, 0.3) is 0 Å². The van der Waals surface area contributed by atoms with Gasteiger partial charge in [0, 0.05) is 19.1 Å². The summed E-state index contributed by atoms with van der Waals surface area (Å²) in [6, 6.07) is 3.18. The number of thioether (sulfide) groups is 1. The molecule has 0 aliphatic heterocycles. The quantitative estimate of drug-likeness (QED) is 0.518. The Morgan fingerprint density at radius 3 is 3.06 bits per heavy atom. The molecule has 0 radical (unpaired) electrons. The van der Waals surface area contributed by atoms with Gasteiger partial charge in [0.25, 0.3) is 0 Å². The van der Waals surface area contributed by atoms with E-state index in [1.165, 1.54) is 24.8 Å². The number of hydrogen-bond donors (Lipinski definition) is 1. The molecule has 0 fully saturated rings. The monoisotopic (exact) mass is 299 g/mol. The van der Waals surface area contributed by atoms with Crippen LogP contribution in [0.4, 0.5) is 0 Å². The molecule has 0 atom stereocenters. The van der Waals surface area contributed by atoms with Crippen molar-refractivity contribution in [3.05, 3.63) is 22.4 Å². The Morgan fingerprint density at radius 1 is 1.62 bits per heavy atom. The van der Waals surface area contributed by atoms with Crippen LogP contribution in [0.3, 0.4) is 0 Å². The van der Waals surface area contributed by atoms with Gasteiger partial charge in [-0.15, -0.1) is 0 Å². The maximum atomic E-state index is 10.6. The fraction of sp³-hybridized carbons (Fsp3) is 0.273. The van der Waals surface area contributed by atoms with Gasteiger partial charge in [-0.3, -0.25) is 4.79 Å². The average molecular weight is 300 g/mol. The summed E-state index contributed by atoms with van der Waals surface area (Å²) in [7, 11) is 0. The van der Waals surface area contributed by atoms with Crippen LogP contribution in [0.15, 0.2) is 16.7 Å². The van der Waals surface area contributed by atoms with Crippen molar-refractivity contribution < 1.29 is 9.90 Å². The number of hydrogen-bond acceptors (Lipinski definition) is 4.